The first-order valence-electron chi connectivity index (χ1n) is 4.90. The summed E-state index contributed by atoms with van der Waals surface area (Å²) >= 11 is 0. The van der Waals surface area contributed by atoms with Crippen LogP contribution in [-0.4, -0.2) is 52.8 Å². The summed E-state index contributed by atoms with van der Waals surface area (Å²) in [5, 5.41) is 18.2. The number of hydrogen-bond acceptors (Lipinski definition) is 2. The van der Waals surface area contributed by atoms with Gasteiger partial charge in [0.15, 0.2) is 0 Å². The van der Waals surface area contributed by atoms with Gasteiger partial charge in [-0.05, 0) is 13.8 Å². The van der Waals surface area contributed by atoms with E-state index in [1.807, 2.05) is 6.92 Å². The van der Waals surface area contributed by atoms with E-state index in [0.717, 1.165) is 0 Å². The smallest absolute Gasteiger partial charge is 0.366 e. The van der Waals surface area contributed by atoms with Crippen molar-refractivity contribution < 1.29 is 24.3 Å². The maximum Gasteiger partial charge on any atom is 0.366 e. The third-order valence-electron chi connectivity index (χ3n) is 3.69. The highest BCUT2D eigenvalue weighted by Gasteiger charge is 2.54. The maximum atomic E-state index is 11.3. The molecule has 5 nitrogen and oxygen atoms in total. The Morgan fingerprint density at radius 3 is 1.93 bits per heavy atom. The molecule has 0 aliphatic carbocycles. The molecule has 0 rings (SSSR count). The summed E-state index contributed by atoms with van der Waals surface area (Å²) in [4.78, 5) is 22.2. The summed E-state index contributed by atoms with van der Waals surface area (Å²) in [5.74, 6) is -3.10. The van der Waals surface area contributed by atoms with Crippen LogP contribution in [0.2, 0.25) is 0 Å². The molecule has 0 saturated heterocycles. The molecule has 0 aromatic heterocycles. The standard InChI is InChI=1S/C10H19NO4/c1-6-11(4,5)10(3,9(14)15)7(2)8(12)13/h7H,6H2,1-5H3,(H-,12,13,14,15)/p+1. The van der Waals surface area contributed by atoms with Crippen molar-refractivity contribution in [2.24, 2.45) is 5.92 Å². The fraction of sp³-hybridized carbons (Fsp3) is 0.800. The number of aliphatic carboxylic acids is 2. The van der Waals surface area contributed by atoms with E-state index >= 15 is 0 Å². The molecule has 15 heavy (non-hydrogen) atoms. The monoisotopic (exact) mass is 218 g/mol. The average Bonchev–Trinajstić information content (AvgIpc) is 2.14. The Morgan fingerprint density at radius 2 is 1.73 bits per heavy atom. The van der Waals surface area contributed by atoms with Crippen molar-refractivity contribution >= 4 is 11.9 Å². The summed E-state index contributed by atoms with van der Waals surface area (Å²) in [7, 11) is 3.46. The average molecular weight is 218 g/mol. The van der Waals surface area contributed by atoms with Crippen LogP contribution in [-0.2, 0) is 9.59 Å². The first kappa shape index (κ1) is 13.9. The Balaban J connectivity index is 5.44. The second-order valence-corrected chi connectivity index (χ2v) is 4.51. The Morgan fingerprint density at radius 1 is 1.33 bits per heavy atom. The van der Waals surface area contributed by atoms with Crippen molar-refractivity contribution in [2.75, 3.05) is 20.6 Å². The highest BCUT2D eigenvalue weighted by molar-refractivity contribution is 5.85. The van der Waals surface area contributed by atoms with E-state index in [4.69, 9.17) is 5.11 Å². The van der Waals surface area contributed by atoms with Crippen molar-refractivity contribution in [3.8, 4) is 0 Å². The molecule has 2 atom stereocenters. The number of likely N-dealkylation sites (N-methyl/N-ethyl adjacent to an activating group) is 1. The highest BCUT2D eigenvalue weighted by Crippen LogP contribution is 2.29. The molecule has 0 aliphatic heterocycles. The first-order chi connectivity index (χ1) is 6.61. The Labute approximate surface area is 89.9 Å². The molecule has 0 spiro atoms. The first-order valence-corrected chi connectivity index (χ1v) is 4.90. The van der Waals surface area contributed by atoms with Gasteiger partial charge in [0.25, 0.3) is 0 Å². The molecular weight excluding hydrogens is 198 g/mol. The number of nitrogens with zero attached hydrogens (tertiary/aromatic N) is 1. The van der Waals surface area contributed by atoms with E-state index in [1.54, 1.807) is 14.1 Å². The second kappa shape index (κ2) is 4.18. The van der Waals surface area contributed by atoms with Crippen LogP contribution in [0.3, 0.4) is 0 Å². The molecule has 5 heteroatoms. The summed E-state index contributed by atoms with van der Waals surface area (Å²) in [5.41, 5.74) is -1.32. The summed E-state index contributed by atoms with van der Waals surface area (Å²) in [6.45, 7) is 5.32. The number of carbonyl (C=O) groups is 2. The van der Waals surface area contributed by atoms with Gasteiger partial charge in [0.2, 0.25) is 5.54 Å². The van der Waals surface area contributed by atoms with Gasteiger partial charge in [0.1, 0.15) is 5.92 Å². The maximum absolute atomic E-state index is 11.3. The zero-order chi connectivity index (χ0) is 12.4. The third-order valence-corrected chi connectivity index (χ3v) is 3.69. The third kappa shape index (κ3) is 2.12. The number of rotatable bonds is 5. The molecule has 2 unspecified atom stereocenters. The SMILES string of the molecule is CC[N+](C)(C)C(C)(C(=O)O)C(C)C(=O)O. The van der Waals surface area contributed by atoms with Crippen LogP contribution in [0, 0.1) is 5.92 Å². The fourth-order valence-corrected chi connectivity index (χ4v) is 1.54. The van der Waals surface area contributed by atoms with E-state index in [2.05, 4.69) is 0 Å². The van der Waals surface area contributed by atoms with Crippen molar-refractivity contribution in [3.05, 3.63) is 0 Å². The van der Waals surface area contributed by atoms with Crippen LogP contribution >= 0.6 is 0 Å². The van der Waals surface area contributed by atoms with Gasteiger partial charge in [-0.3, -0.25) is 4.79 Å². The number of carboxylic acids is 2. The molecule has 2 N–H and O–H groups in total. The van der Waals surface area contributed by atoms with E-state index in [-0.39, 0.29) is 4.48 Å². The van der Waals surface area contributed by atoms with Crippen molar-refractivity contribution in [3.63, 3.8) is 0 Å². The van der Waals surface area contributed by atoms with E-state index < -0.39 is 23.4 Å². The van der Waals surface area contributed by atoms with Gasteiger partial charge in [-0.1, -0.05) is 0 Å². The van der Waals surface area contributed by atoms with Gasteiger partial charge in [-0.15, -0.1) is 0 Å². The van der Waals surface area contributed by atoms with E-state index in [0.29, 0.717) is 6.54 Å². The summed E-state index contributed by atoms with van der Waals surface area (Å²) in [6, 6.07) is 0. The van der Waals surface area contributed by atoms with Gasteiger partial charge in [0, 0.05) is 6.92 Å². The Kier molecular flexibility index (Phi) is 3.88. The van der Waals surface area contributed by atoms with Crippen molar-refractivity contribution in [1.82, 2.24) is 0 Å². The number of hydrogen-bond donors (Lipinski definition) is 2. The molecule has 0 bridgehead atoms. The van der Waals surface area contributed by atoms with Crippen LogP contribution in [0.1, 0.15) is 20.8 Å². The van der Waals surface area contributed by atoms with E-state index in [1.165, 1.54) is 13.8 Å². The highest BCUT2D eigenvalue weighted by atomic mass is 16.4. The van der Waals surface area contributed by atoms with Crippen LogP contribution in [0.4, 0.5) is 0 Å². The van der Waals surface area contributed by atoms with Gasteiger partial charge in [-0.25, -0.2) is 4.79 Å². The molecule has 0 aromatic carbocycles. The summed E-state index contributed by atoms with van der Waals surface area (Å²) < 4.78 is 0.135. The molecule has 0 heterocycles. The lowest BCUT2D eigenvalue weighted by Gasteiger charge is -2.44. The van der Waals surface area contributed by atoms with E-state index in [9.17, 15) is 14.7 Å². The molecular formula is C10H20NO4+. The second-order valence-electron chi connectivity index (χ2n) is 4.51. The zero-order valence-corrected chi connectivity index (χ0v) is 9.94. The lowest BCUT2D eigenvalue weighted by molar-refractivity contribution is -0.931. The van der Waals surface area contributed by atoms with Crippen molar-refractivity contribution in [1.29, 1.82) is 0 Å². The predicted molar refractivity (Wildman–Crippen MR) is 55.5 cm³/mol. The molecule has 0 aromatic rings. The van der Waals surface area contributed by atoms with Gasteiger partial charge in [0.05, 0.1) is 20.6 Å². The molecule has 0 saturated carbocycles. The molecule has 88 valence electrons. The topological polar surface area (TPSA) is 74.6 Å². The van der Waals surface area contributed by atoms with Crippen LogP contribution < -0.4 is 0 Å². The quantitative estimate of drug-likeness (QED) is 0.664. The van der Waals surface area contributed by atoms with Crippen LogP contribution in [0.5, 0.6) is 0 Å². The fourth-order valence-electron chi connectivity index (χ4n) is 1.54. The molecule has 0 amide bonds. The minimum atomic E-state index is -1.32. The van der Waals surface area contributed by atoms with Gasteiger partial charge >= 0.3 is 11.9 Å². The Bertz CT molecular complexity index is 275. The van der Waals surface area contributed by atoms with Gasteiger partial charge < -0.3 is 14.7 Å². The predicted octanol–water partition coefficient (Wildman–Crippen LogP) is 0.647. The van der Waals surface area contributed by atoms with Crippen molar-refractivity contribution in [2.45, 2.75) is 26.3 Å². The number of carboxylic acid groups (broad SMARTS) is 2. The minimum absolute atomic E-state index is 0.135. The minimum Gasteiger partial charge on any atom is -0.481 e. The zero-order valence-electron chi connectivity index (χ0n) is 9.94. The lowest BCUT2D eigenvalue weighted by Crippen LogP contribution is -2.66. The summed E-state index contributed by atoms with van der Waals surface area (Å²) in [6.07, 6.45) is 0. The lowest BCUT2D eigenvalue weighted by atomic mass is 9.83. The number of quaternary nitrogens is 1. The largest absolute Gasteiger partial charge is 0.481 e. The van der Waals surface area contributed by atoms with Gasteiger partial charge in [-0.2, -0.15) is 0 Å². The molecule has 0 aliphatic rings. The van der Waals surface area contributed by atoms with Crippen LogP contribution in [0.15, 0.2) is 0 Å². The Hall–Kier alpha value is -1.10. The molecule has 0 radical (unpaired) electrons. The normalized spacial score (nSPS) is 17.9. The molecule has 0 fully saturated rings. The van der Waals surface area contributed by atoms with Crippen LogP contribution in [0.25, 0.3) is 0 Å².